The number of nitrogens with zero attached hydrogens (tertiary/aromatic N) is 1. The molecule has 1 atom stereocenters. The lowest BCUT2D eigenvalue weighted by Gasteiger charge is -2.29. The number of ether oxygens (including phenoxy) is 1. The minimum Gasteiger partial charge on any atom is -0.381 e. The highest BCUT2D eigenvalue weighted by molar-refractivity contribution is 5.80. The van der Waals surface area contributed by atoms with Crippen molar-refractivity contribution in [3.8, 4) is 0 Å². The normalized spacial score (nSPS) is 25.0. The Morgan fingerprint density at radius 1 is 1.14 bits per heavy atom. The quantitative estimate of drug-likeness (QED) is 0.736. The van der Waals surface area contributed by atoms with Crippen LogP contribution in [0.25, 0.3) is 11.0 Å². The molecule has 7 heteroatoms. The van der Waals surface area contributed by atoms with Crippen LogP contribution in [0.5, 0.6) is 0 Å². The molecular formula is C21H28N4O3. The molecule has 2 heterocycles. The van der Waals surface area contributed by atoms with Gasteiger partial charge in [-0.2, -0.15) is 0 Å². The van der Waals surface area contributed by atoms with Crippen LogP contribution in [0.2, 0.25) is 0 Å². The molecule has 0 bridgehead atoms. The molecule has 7 nitrogen and oxygen atoms in total. The molecule has 1 aromatic heterocycles. The molecule has 0 spiro atoms. The summed E-state index contributed by atoms with van der Waals surface area (Å²) < 4.78 is 5.28. The second kappa shape index (κ2) is 8.31. The molecule has 3 N–H and O–H groups in total. The fraction of sp³-hybridized carbons (Fsp3) is 0.571. The lowest BCUT2D eigenvalue weighted by atomic mass is 9.85. The molecule has 28 heavy (non-hydrogen) atoms. The number of aryl methyl sites for hydroxylation is 1. The molecule has 1 unspecified atom stereocenters. The molecule has 2 fully saturated rings. The fourth-order valence-electron chi connectivity index (χ4n) is 4.19. The number of benzene rings is 1. The van der Waals surface area contributed by atoms with Crippen molar-refractivity contribution in [2.75, 3.05) is 13.2 Å². The average molecular weight is 384 g/mol. The van der Waals surface area contributed by atoms with Crippen LogP contribution in [-0.2, 0) is 20.9 Å². The molecule has 2 aromatic rings. The zero-order valence-electron chi connectivity index (χ0n) is 16.3. The number of aromatic amines is 1. The zero-order chi connectivity index (χ0) is 19.5. The maximum Gasteiger partial charge on any atom is 0.225 e. The van der Waals surface area contributed by atoms with E-state index in [0.29, 0.717) is 19.8 Å². The van der Waals surface area contributed by atoms with Gasteiger partial charge in [-0.1, -0.05) is 6.07 Å². The number of carbonyl (C=O) groups is 2. The summed E-state index contributed by atoms with van der Waals surface area (Å²) in [5.41, 5.74) is 2.99. The minimum atomic E-state index is -0.00276. The van der Waals surface area contributed by atoms with Crippen LogP contribution >= 0.6 is 0 Å². The maximum absolute atomic E-state index is 12.5. The summed E-state index contributed by atoms with van der Waals surface area (Å²) in [7, 11) is 0. The van der Waals surface area contributed by atoms with E-state index >= 15 is 0 Å². The molecule has 1 aliphatic carbocycles. The third kappa shape index (κ3) is 4.35. The number of nitrogens with one attached hydrogen (secondary N) is 3. The molecule has 0 radical (unpaired) electrons. The van der Waals surface area contributed by atoms with Crippen LogP contribution in [0, 0.1) is 18.8 Å². The van der Waals surface area contributed by atoms with E-state index in [1.807, 2.05) is 25.1 Å². The molecule has 1 saturated carbocycles. The van der Waals surface area contributed by atoms with E-state index < -0.39 is 0 Å². The molecule has 1 aromatic carbocycles. The summed E-state index contributed by atoms with van der Waals surface area (Å²) in [6, 6.07) is 6.20. The van der Waals surface area contributed by atoms with Crippen LogP contribution in [0.15, 0.2) is 18.2 Å². The number of fused-ring (bicyclic) bond motifs is 1. The van der Waals surface area contributed by atoms with Gasteiger partial charge < -0.3 is 20.4 Å². The second-order valence-corrected chi connectivity index (χ2v) is 8.01. The van der Waals surface area contributed by atoms with Crippen molar-refractivity contribution in [3.63, 3.8) is 0 Å². The average Bonchev–Trinajstić information content (AvgIpc) is 3.35. The topological polar surface area (TPSA) is 96.1 Å². The second-order valence-electron chi connectivity index (χ2n) is 8.01. The van der Waals surface area contributed by atoms with E-state index in [1.165, 1.54) is 0 Å². The van der Waals surface area contributed by atoms with Crippen molar-refractivity contribution in [1.29, 1.82) is 0 Å². The summed E-state index contributed by atoms with van der Waals surface area (Å²) >= 11 is 0. The number of rotatable bonds is 5. The van der Waals surface area contributed by atoms with Crippen molar-refractivity contribution in [1.82, 2.24) is 20.6 Å². The summed E-state index contributed by atoms with van der Waals surface area (Å²) in [5, 5.41) is 6.20. The van der Waals surface area contributed by atoms with E-state index in [1.54, 1.807) is 0 Å². The van der Waals surface area contributed by atoms with Gasteiger partial charge in [0.05, 0.1) is 23.6 Å². The number of carbonyl (C=O) groups excluding carboxylic acids is 2. The predicted octanol–water partition coefficient (Wildman–Crippen LogP) is 2.20. The monoisotopic (exact) mass is 384 g/mol. The van der Waals surface area contributed by atoms with Gasteiger partial charge in [0.15, 0.2) is 0 Å². The first-order valence-electron chi connectivity index (χ1n) is 10.2. The van der Waals surface area contributed by atoms with E-state index in [9.17, 15) is 9.59 Å². The van der Waals surface area contributed by atoms with Crippen LogP contribution < -0.4 is 10.6 Å². The van der Waals surface area contributed by atoms with E-state index in [4.69, 9.17) is 4.74 Å². The van der Waals surface area contributed by atoms with Crippen LogP contribution in [0.1, 0.15) is 43.5 Å². The third-order valence-electron chi connectivity index (χ3n) is 5.88. The Morgan fingerprint density at radius 3 is 2.71 bits per heavy atom. The standard InChI is InChI=1S/C21H28N4O3/c1-13-23-18-7-2-14(10-19(18)24-13)11-22-20(26)15-3-5-17(6-4-15)25-21(27)16-8-9-28-12-16/h2,7,10,15-17H,3-6,8-9,11-12H2,1H3,(H,22,26)(H,23,24)(H,25,27). The molecule has 2 amide bonds. The molecule has 1 aliphatic heterocycles. The van der Waals surface area contributed by atoms with Gasteiger partial charge in [-0.25, -0.2) is 4.98 Å². The predicted molar refractivity (Wildman–Crippen MR) is 105 cm³/mol. The van der Waals surface area contributed by atoms with Gasteiger partial charge in [-0.05, 0) is 56.7 Å². The van der Waals surface area contributed by atoms with Crippen molar-refractivity contribution in [3.05, 3.63) is 29.6 Å². The van der Waals surface area contributed by atoms with Crippen molar-refractivity contribution in [2.45, 2.75) is 51.6 Å². The number of aromatic nitrogens is 2. The first-order valence-corrected chi connectivity index (χ1v) is 10.2. The highest BCUT2D eigenvalue weighted by Gasteiger charge is 2.30. The molecule has 1 saturated heterocycles. The van der Waals surface area contributed by atoms with Gasteiger partial charge in [-0.3, -0.25) is 9.59 Å². The summed E-state index contributed by atoms with van der Waals surface area (Å²) in [6.45, 7) is 3.67. The van der Waals surface area contributed by atoms with Gasteiger partial charge >= 0.3 is 0 Å². The number of hydrogen-bond acceptors (Lipinski definition) is 4. The Labute approximate surface area is 164 Å². The van der Waals surface area contributed by atoms with E-state index in [2.05, 4.69) is 20.6 Å². The highest BCUT2D eigenvalue weighted by atomic mass is 16.5. The Balaban J connectivity index is 1.22. The van der Waals surface area contributed by atoms with Crippen LogP contribution in [0.4, 0.5) is 0 Å². The SMILES string of the molecule is Cc1nc2ccc(CNC(=O)C3CCC(NC(=O)C4CCOC4)CC3)cc2[nH]1. The van der Waals surface area contributed by atoms with Gasteiger partial charge in [0.1, 0.15) is 5.82 Å². The molecule has 2 aliphatic rings. The highest BCUT2D eigenvalue weighted by Crippen LogP contribution is 2.25. The minimum absolute atomic E-state index is 0.00276. The smallest absolute Gasteiger partial charge is 0.225 e. The van der Waals surface area contributed by atoms with Gasteiger partial charge in [0.25, 0.3) is 0 Å². The van der Waals surface area contributed by atoms with Gasteiger partial charge in [0.2, 0.25) is 11.8 Å². The van der Waals surface area contributed by atoms with Crippen LogP contribution in [-0.4, -0.2) is 41.0 Å². The number of H-pyrrole nitrogens is 1. The van der Waals surface area contributed by atoms with E-state index in [-0.39, 0.29) is 29.7 Å². The molecule has 150 valence electrons. The number of imidazole rings is 1. The summed E-state index contributed by atoms with van der Waals surface area (Å²) in [5.74, 6) is 1.13. The lowest BCUT2D eigenvalue weighted by Crippen LogP contribution is -2.43. The third-order valence-corrected chi connectivity index (χ3v) is 5.88. The molecular weight excluding hydrogens is 356 g/mol. The summed E-state index contributed by atoms with van der Waals surface area (Å²) in [4.78, 5) is 32.4. The Morgan fingerprint density at radius 2 is 1.96 bits per heavy atom. The largest absolute Gasteiger partial charge is 0.381 e. The fourth-order valence-corrected chi connectivity index (χ4v) is 4.19. The number of hydrogen-bond donors (Lipinski definition) is 3. The Kier molecular flexibility index (Phi) is 5.62. The zero-order valence-corrected chi connectivity index (χ0v) is 16.3. The maximum atomic E-state index is 12.5. The first kappa shape index (κ1) is 18.9. The lowest BCUT2D eigenvalue weighted by molar-refractivity contribution is -0.127. The number of amides is 2. The first-order chi connectivity index (χ1) is 13.6. The van der Waals surface area contributed by atoms with Gasteiger partial charge in [-0.15, -0.1) is 0 Å². The van der Waals surface area contributed by atoms with E-state index in [0.717, 1.165) is 54.5 Å². The van der Waals surface area contributed by atoms with Crippen molar-refractivity contribution < 1.29 is 14.3 Å². The Bertz CT molecular complexity index is 848. The Hall–Kier alpha value is -2.41. The van der Waals surface area contributed by atoms with Crippen molar-refractivity contribution >= 4 is 22.8 Å². The van der Waals surface area contributed by atoms with Crippen molar-refractivity contribution in [2.24, 2.45) is 11.8 Å². The molecule has 4 rings (SSSR count). The van der Waals surface area contributed by atoms with Gasteiger partial charge in [0, 0.05) is 25.1 Å². The summed E-state index contributed by atoms with van der Waals surface area (Å²) in [6.07, 6.45) is 4.16. The van der Waals surface area contributed by atoms with Crippen LogP contribution in [0.3, 0.4) is 0 Å².